The zero-order chi connectivity index (χ0) is 18.5. The zero-order valence-corrected chi connectivity index (χ0v) is 16.9. The fraction of sp³-hybridized carbons (Fsp3) is 0.300. The lowest BCUT2D eigenvalue weighted by Gasteiger charge is -2.07. The number of ether oxygens (including phenoxy) is 1. The molecule has 0 aliphatic heterocycles. The maximum Gasteiger partial charge on any atom is 0.192 e. The predicted octanol–water partition coefficient (Wildman–Crippen LogP) is 5.62. The summed E-state index contributed by atoms with van der Waals surface area (Å²) in [5.41, 5.74) is 2.32. The van der Waals surface area contributed by atoms with Crippen LogP contribution in [0.2, 0.25) is 0 Å². The van der Waals surface area contributed by atoms with Gasteiger partial charge in [-0.15, -0.1) is 28.1 Å². The monoisotopic (exact) mass is 385 g/mol. The number of thioether (sulfide) groups is 1. The van der Waals surface area contributed by atoms with Crippen molar-refractivity contribution in [3.8, 4) is 17.1 Å². The summed E-state index contributed by atoms with van der Waals surface area (Å²) in [4.78, 5) is 1.36. The lowest BCUT2D eigenvalue weighted by atomic mass is 10.1. The summed E-state index contributed by atoms with van der Waals surface area (Å²) in [6.07, 6.45) is 1.89. The third-order valence-electron chi connectivity index (χ3n) is 3.98. The number of methoxy groups -OCH3 is 1. The van der Waals surface area contributed by atoms with Crippen molar-refractivity contribution in [2.24, 2.45) is 0 Å². The van der Waals surface area contributed by atoms with Crippen LogP contribution in [0.15, 0.2) is 53.5 Å². The second kappa shape index (κ2) is 8.56. The van der Waals surface area contributed by atoms with Gasteiger partial charge in [0.25, 0.3) is 0 Å². The van der Waals surface area contributed by atoms with Gasteiger partial charge in [-0.1, -0.05) is 43.8 Å². The predicted molar refractivity (Wildman–Crippen MR) is 110 cm³/mol. The largest absolute Gasteiger partial charge is 0.497 e. The van der Waals surface area contributed by atoms with E-state index in [1.54, 1.807) is 30.2 Å². The SMILES string of the molecule is C=CCn1c(SCc2cccc(OC)c2)nnc1-c1csc(C(C)C)c1. The van der Waals surface area contributed by atoms with Crippen LogP contribution in [0, 0.1) is 0 Å². The van der Waals surface area contributed by atoms with Crippen LogP contribution < -0.4 is 4.74 Å². The van der Waals surface area contributed by atoms with Gasteiger partial charge < -0.3 is 4.74 Å². The first-order valence-corrected chi connectivity index (χ1v) is 10.4. The number of nitrogens with zero attached hydrogens (tertiary/aromatic N) is 3. The zero-order valence-electron chi connectivity index (χ0n) is 15.3. The summed E-state index contributed by atoms with van der Waals surface area (Å²) < 4.78 is 7.43. The number of allylic oxidation sites excluding steroid dienone is 1. The van der Waals surface area contributed by atoms with Crippen LogP contribution in [0.5, 0.6) is 5.75 Å². The Morgan fingerprint density at radius 2 is 2.15 bits per heavy atom. The Bertz CT molecular complexity index is 883. The van der Waals surface area contributed by atoms with Crippen LogP contribution in [-0.2, 0) is 12.3 Å². The molecule has 3 rings (SSSR count). The van der Waals surface area contributed by atoms with E-state index in [2.05, 4.69) is 58.8 Å². The van der Waals surface area contributed by atoms with E-state index < -0.39 is 0 Å². The van der Waals surface area contributed by atoms with E-state index in [-0.39, 0.29) is 0 Å². The van der Waals surface area contributed by atoms with Crippen molar-refractivity contribution >= 4 is 23.1 Å². The number of hydrogen-bond donors (Lipinski definition) is 0. The van der Waals surface area contributed by atoms with Crippen LogP contribution in [0.25, 0.3) is 11.4 Å². The quantitative estimate of drug-likeness (QED) is 0.373. The summed E-state index contributed by atoms with van der Waals surface area (Å²) in [5.74, 6) is 3.11. The van der Waals surface area contributed by atoms with E-state index in [1.165, 1.54) is 10.4 Å². The standard InChI is InChI=1S/C20H23N3OS2/c1-5-9-23-19(16-11-18(14(2)3)25-13-16)21-22-20(23)26-12-15-7-6-8-17(10-15)24-4/h5-8,10-11,13-14H,1,9,12H2,2-4H3. The second-order valence-corrected chi connectivity index (χ2v) is 8.12. The lowest BCUT2D eigenvalue weighted by molar-refractivity contribution is 0.414. The van der Waals surface area contributed by atoms with E-state index in [9.17, 15) is 0 Å². The van der Waals surface area contributed by atoms with Crippen LogP contribution in [0.3, 0.4) is 0 Å². The van der Waals surface area contributed by atoms with Gasteiger partial charge in [0.15, 0.2) is 11.0 Å². The Labute approximate surface area is 162 Å². The van der Waals surface area contributed by atoms with Gasteiger partial charge in [0.2, 0.25) is 0 Å². The second-order valence-electron chi connectivity index (χ2n) is 6.24. The fourth-order valence-corrected chi connectivity index (χ4v) is 4.38. The average Bonchev–Trinajstić information content (AvgIpc) is 3.28. The Balaban J connectivity index is 1.83. The molecule has 1 aromatic carbocycles. The Morgan fingerprint density at radius 1 is 1.31 bits per heavy atom. The molecule has 0 N–H and O–H groups in total. The van der Waals surface area contributed by atoms with Gasteiger partial charge in [-0.3, -0.25) is 4.57 Å². The maximum atomic E-state index is 5.30. The van der Waals surface area contributed by atoms with E-state index in [1.807, 2.05) is 18.2 Å². The Kier molecular flexibility index (Phi) is 6.16. The molecule has 0 unspecified atom stereocenters. The van der Waals surface area contributed by atoms with Crippen molar-refractivity contribution in [1.29, 1.82) is 0 Å². The molecule has 0 amide bonds. The molecule has 26 heavy (non-hydrogen) atoms. The van der Waals surface area contributed by atoms with Gasteiger partial charge in [-0.05, 0) is 29.7 Å². The third-order valence-corrected chi connectivity index (χ3v) is 6.25. The molecular weight excluding hydrogens is 362 g/mol. The number of rotatable bonds is 8. The highest BCUT2D eigenvalue weighted by atomic mass is 32.2. The van der Waals surface area contributed by atoms with Gasteiger partial charge in [0.1, 0.15) is 5.75 Å². The molecule has 6 heteroatoms. The van der Waals surface area contributed by atoms with E-state index >= 15 is 0 Å². The van der Waals surface area contributed by atoms with E-state index in [4.69, 9.17) is 4.74 Å². The minimum Gasteiger partial charge on any atom is -0.497 e. The molecule has 0 saturated heterocycles. The van der Waals surface area contributed by atoms with E-state index in [0.29, 0.717) is 12.5 Å². The molecule has 0 radical (unpaired) electrons. The van der Waals surface area contributed by atoms with Gasteiger partial charge in [-0.2, -0.15) is 0 Å². The van der Waals surface area contributed by atoms with Gasteiger partial charge in [0, 0.05) is 28.1 Å². The third kappa shape index (κ3) is 4.19. The Morgan fingerprint density at radius 3 is 2.85 bits per heavy atom. The van der Waals surface area contributed by atoms with Crippen molar-refractivity contribution in [1.82, 2.24) is 14.8 Å². The smallest absolute Gasteiger partial charge is 0.192 e. The first kappa shape index (κ1) is 18.7. The van der Waals surface area contributed by atoms with Crippen LogP contribution in [-0.4, -0.2) is 21.9 Å². The van der Waals surface area contributed by atoms with Crippen LogP contribution in [0.4, 0.5) is 0 Å². The number of aromatic nitrogens is 3. The van der Waals surface area contributed by atoms with Gasteiger partial charge in [-0.25, -0.2) is 0 Å². The van der Waals surface area contributed by atoms with Crippen molar-refractivity contribution in [2.75, 3.05) is 7.11 Å². The maximum absolute atomic E-state index is 5.30. The summed E-state index contributed by atoms with van der Waals surface area (Å²) in [5, 5.41) is 11.9. The molecule has 136 valence electrons. The van der Waals surface area contributed by atoms with E-state index in [0.717, 1.165) is 28.0 Å². The summed E-state index contributed by atoms with van der Waals surface area (Å²) in [7, 11) is 1.69. The number of hydrogen-bond acceptors (Lipinski definition) is 5. The first-order chi connectivity index (χ1) is 12.6. The summed E-state index contributed by atoms with van der Waals surface area (Å²) >= 11 is 3.45. The van der Waals surface area contributed by atoms with Crippen molar-refractivity contribution in [3.63, 3.8) is 0 Å². The van der Waals surface area contributed by atoms with Crippen molar-refractivity contribution < 1.29 is 4.74 Å². The minimum atomic E-state index is 0.520. The highest BCUT2D eigenvalue weighted by molar-refractivity contribution is 7.98. The van der Waals surface area contributed by atoms with Gasteiger partial charge >= 0.3 is 0 Å². The van der Waals surface area contributed by atoms with Crippen LogP contribution >= 0.6 is 23.1 Å². The minimum absolute atomic E-state index is 0.520. The fourth-order valence-electron chi connectivity index (χ4n) is 2.59. The first-order valence-electron chi connectivity index (χ1n) is 8.51. The molecule has 4 nitrogen and oxygen atoms in total. The Hall–Kier alpha value is -2.05. The molecule has 3 aromatic rings. The molecule has 2 heterocycles. The molecule has 0 aliphatic carbocycles. The average molecular weight is 386 g/mol. The summed E-state index contributed by atoms with van der Waals surface area (Å²) in [6.45, 7) is 8.99. The lowest BCUT2D eigenvalue weighted by Crippen LogP contribution is -2.00. The summed E-state index contributed by atoms with van der Waals surface area (Å²) in [6, 6.07) is 10.3. The van der Waals surface area contributed by atoms with Crippen LogP contribution in [0.1, 0.15) is 30.2 Å². The molecule has 0 atom stereocenters. The topological polar surface area (TPSA) is 39.9 Å². The number of thiophene rings is 1. The van der Waals surface area contributed by atoms with Crippen molar-refractivity contribution in [2.45, 2.75) is 37.2 Å². The molecule has 0 aliphatic rings. The molecule has 0 fully saturated rings. The molecule has 0 saturated carbocycles. The molecule has 0 bridgehead atoms. The van der Waals surface area contributed by atoms with Gasteiger partial charge in [0.05, 0.1) is 7.11 Å². The van der Waals surface area contributed by atoms with Crippen molar-refractivity contribution in [3.05, 3.63) is 58.8 Å². The highest BCUT2D eigenvalue weighted by Crippen LogP contribution is 2.32. The normalized spacial score (nSPS) is 11.1. The molecule has 0 spiro atoms. The molecular formula is C20H23N3OS2. The number of benzene rings is 1. The molecule has 2 aromatic heterocycles. The highest BCUT2D eigenvalue weighted by Gasteiger charge is 2.16.